The van der Waals surface area contributed by atoms with Gasteiger partial charge in [-0.3, -0.25) is 48.4 Å². The molecule has 1 saturated heterocycles. The normalized spacial score (nSPS) is 13.7. The summed E-state index contributed by atoms with van der Waals surface area (Å²) in [6.45, 7) is 19.7. The SMILES string of the molecule is C/C=N/O.CC(=O)NC#N.CC1=CCCN1O.CC1C(=O)NOC1=O.CN(C)O.CNC(C)=O.CNP(C)(=O)O.CNS(C)(=O)=O.COP(C)(=O)O.CS(=O)(=O)O.Cc1cnc(C)n1O.Cc1nn[nH]n1.Cc1o[nH]c(=O)c1C. The lowest BCUT2D eigenvalue weighted by Crippen LogP contribution is -2.16. The molecule has 462 valence electrons. The van der Waals surface area contributed by atoms with E-state index in [9.17, 15) is 49.9 Å². The molecule has 3 amide bonds. The van der Waals surface area contributed by atoms with E-state index in [0.717, 1.165) is 47.1 Å². The van der Waals surface area contributed by atoms with Crippen LogP contribution in [0.15, 0.2) is 32.4 Å². The molecule has 5 heterocycles. The van der Waals surface area contributed by atoms with Crippen LogP contribution in [0.5, 0.6) is 0 Å². The second-order valence-corrected chi connectivity index (χ2v) is 22.0. The minimum absolute atomic E-state index is 0.00463. The van der Waals surface area contributed by atoms with Gasteiger partial charge in [0, 0.05) is 73.9 Å². The summed E-state index contributed by atoms with van der Waals surface area (Å²) in [6, 6.07) is 0. The maximum atomic E-state index is 10.5. The van der Waals surface area contributed by atoms with Gasteiger partial charge in [-0.25, -0.2) is 28.0 Å². The zero-order valence-electron chi connectivity index (χ0n) is 47.8. The first-order chi connectivity index (χ1) is 35.7. The van der Waals surface area contributed by atoms with E-state index in [1.807, 2.05) is 23.8 Å². The maximum absolute atomic E-state index is 10.5. The first-order valence-electron chi connectivity index (χ1n) is 21.4. The molecule has 0 spiro atoms. The Morgan fingerprint density at radius 2 is 1.42 bits per heavy atom. The Hall–Kier alpha value is -6.53. The van der Waals surface area contributed by atoms with Crippen LogP contribution >= 0.6 is 15.1 Å². The monoisotopic (exact) mass is 1220 g/mol. The highest BCUT2D eigenvalue weighted by molar-refractivity contribution is 7.88. The molecule has 3 aromatic heterocycles. The summed E-state index contributed by atoms with van der Waals surface area (Å²) in [5.74, 6) is 0.148. The van der Waals surface area contributed by atoms with Gasteiger partial charge in [-0.05, 0) is 75.9 Å². The van der Waals surface area contributed by atoms with Gasteiger partial charge in [0.25, 0.3) is 29.1 Å². The van der Waals surface area contributed by atoms with Crippen LogP contribution in [0, 0.1) is 52.0 Å². The second-order valence-electron chi connectivity index (χ2n) is 14.4. The number of oxime groups is 1. The molecule has 1 fully saturated rings. The summed E-state index contributed by atoms with van der Waals surface area (Å²) < 4.78 is 77.4. The Labute approximate surface area is 459 Å². The fourth-order valence-corrected chi connectivity index (χ4v) is 2.34. The smallest absolute Gasteiger partial charge is 0.344 e. The number of aromatic nitrogens is 7. The van der Waals surface area contributed by atoms with Crippen molar-refractivity contribution in [3.63, 3.8) is 0 Å². The van der Waals surface area contributed by atoms with Crippen LogP contribution in [0.3, 0.4) is 0 Å². The number of imidazole rings is 1. The molecule has 0 bridgehead atoms. The number of carbonyl (C=O) groups excluding carboxylic acids is 4. The van der Waals surface area contributed by atoms with E-state index < -0.39 is 47.1 Å². The van der Waals surface area contributed by atoms with E-state index >= 15 is 0 Å². The number of sulfonamides is 1. The molecular formula is C38H82N16O21P2S2. The van der Waals surface area contributed by atoms with Crippen molar-refractivity contribution in [3.8, 4) is 6.19 Å². The van der Waals surface area contributed by atoms with E-state index in [1.54, 1.807) is 68.9 Å². The van der Waals surface area contributed by atoms with Crippen molar-refractivity contribution in [1.82, 2.24) is 71.5 Å². The Balaban J connectivity index is -0.000000116. The number of nitrogens with one attached hydrogen (secondary N) is 7. The Morgan fingerprint density at radius 1 is 1.00 bits per heavy atom. The fourth-order valence-electron chi connectivity index (χ4n) is 2.34. The first-order valence-corrected chi connectivity index (χ1v) is 29.3. The van der Waals surface area contributed by atoms with Crippen LogP contribution in [0.1, 0.15) is 69.7 Å². The third-order valence-electron chi connectivity index (χ3n) is 6.71. The minimum Gasteiger partial charge on any atom is -0.427 e. The highest BCUT2D eigenvalue weighted by Crippen LogP contribution is 2.34. The standard InChI is InChI=1S/C5H8N2O.C5H7NO2.C5H9NO.C4H5NO3.C3H4N2O.C3H7NO.C2H4N4.C2H8NO2P.C2H7NO2S.C2H7NO.C2H5NO.C2H7O3P.CH4O3S/c1-4-3-6-5(2)7(4)8;1-3-4(2)8-6-5(3)7;1-5-3-2-4-6(5)7;1-2-3(6)5-8-4(2)7;1-3(6)5-2-4;1-3(5)4-2;1-2-3-5-6-4-2;2*1-3-6(2,4)5;1-3(2)4;1-2-3-4;1-5-6(2,3)4;1-5(2,3)4/h3,8H,1-2H3;1-2H3,(H,6,7);3,7H,2,4H2,1H3;2H,1H3,(H,5,6);1H3,(H,5,6);1-2H3,(H,4,5);1H3,(H,3,4,5,6);1-2H3,(H2,3,4,5);3H,1-2H3;4H,1-2H3;2,4H,1H3;1-2H3,(H,3,4);1H3,(H,2,3,4)/b;;;;;;;;;;3-2+;;. The van der Waals surface area contributed by atoms with E-state index in [1.165, 1.54) is 66.1 Å². The van der Waals surface area contributed by atoms with Crippen LogP contribution < -0.4 is 31.5 Å². The molecule has 3 aromatic rings. The molecular weight excluding hydrogens is 1140 g/mol. The van der Waals surface area contributed by atoms with Crippen LogP contribution in [-0.2, 0) is 57.8 Å². The summed E-state index contributed by atoms with van der Waals surface area (Å²) in [7, 11) is -3.90. The lowest BCUT2D eigenvalue weighted by atomic mass is 10.2. The molecule has 79 heavy (non-hydrogen) atoms. The van der Waals surface area contributed by atoms with Gasteiger partial charge in [-0.2, -0.15) is 39.3 Å². The summed E-state index contributed by atoms with van der Waals surface area (Å²) in [5.41, 5.74) is 4.19. The van der Waals surface area contributed by atoms with E-state index in [2.05, 4.69) is 64.9 Å². The Morgan fingerprint density at radius 3 is 1.48 bits per heavy atom. The number of H-pyrrole nitrogens is 2. The van der Waals surface area contributed by atoms with Gasteiger partial charge >= 0.3 is 13.6 Å². The van der Waals surface area contributed by atoms with Crippen molar-refractivity contribution in [2.24, 2.45) is 11.1 Å². The van der Waals surface area contributed by atoms with Crippen molar-refractivity contribution < 1.29 is 94.2 Å². The molecule has 0 aromatic carbocycles. The number of carbonyl (C=O) groups is 4. The number of nitrogens with zero attached hydrogens (tertiary/aromatic N) is 9. The number of aryl methyl sites for hydroxylation is 4. The van der Waals surface area contributed by atoms with E-state index in [0.29, 0.717) is 29.2 Å². The summed E-state index contributed by atoms with van der Waals surface area (Å²) >= 11 is 0. The number of hydroxylamine groups is 5. The van der Waals surface area contributed by atoms with Crippen molar-refractivity contribution in [1.29, 1.82) is 5.26 Å². The first kappa shape index (κ1) is 89.1. The highest BCUT2D eigenvalue weighted by Gasteiger charge is 2.30. The third kappa shape index (κ3) is 83.0. The summed E-state index contributed by atoms with van der Waals surface area (Å²) in [5, 5.41) is 66.9. The van der Waals surface area contributed by atoms with Crippen LogP contribution in [0.25, 0.3) is 0 Å². The zero-order valence-corrected chi connectivity index (χ0v) is 51.2. The predicted molar refractivity (Wildman–Crippen MR) is 286 cm³/mol. The largest absolute Gasteiger partial charge is 0.427 e. The molecule has 14 N–H and O–H groups in total. The minimum atomic E-state index is -3.67. The van der Waals surface area contributed by atoms with Crippen molar-refractivity contribution in [2.75, 3.05) is 74.7 Å². The Bertz CT molecular complexity index is 2500. The highest BCUT2D eigenvalue weighted by atomic mass is 32.2. The Kier molecular flexibility index (Phi) is 57.4. The summed E-state index contributed by atoms with van der Waals surface area (Å²) in [4.78, 5) is 74.9. The van der Waals surface area contributed by atoms with Gasteiger partial charge < -0.3 is 44.6 Å². The number of allylic oxidation sites excluding steroid dienone is 1. The molecule has 0 saturated carbocycles. The van der Waals surface area contributed by atoms with Crippen molar-refractivity contribution in [3.05, 3.63) is 57.0 Å². The van der Waals surface area contributed by atoms with Gasteiger partial charge in [0.2, 0.25) is 21.8 Å². The molecule has 41 heteroatoms. The van der Waals surface area contributed by atoms with E-state index in [4.69, 9.17) is 40.4 Å². The third-order valence-corrected chi connectivity index (χ3v) is 8.96. The fraction of sp³-hybridized carbons (Fsp3) is 0.605. The number of aromatic amines is 2. The zero-order chi connectivity index (χ0) is 64.5. The number of nitriles is 1. The van der Waals surface area contributed by atoms with Gasteiger partial charge in [0.1, 0.15) is 17.5 Å². The number of rotatable bonds is 3. The molecule has 2 aliphatic heterocycles. The number of amides is 3. The number of tetrazole rings is 1. The van der Waals surface area contributed by atoms with Crippen LogP contribution in [-0.4, -0.2) is 202 Å². The van der Waals surface area contributed by atoms with Gasteiger partial charge in [-0.1, -0.05) is 11.3 Å². The maximum Gasteiger partial charge on any atom is 0.344 e. The average Bonchev–Trinajstić information content (AvgIpc) is 4.16. The lowest BCUT2D eigenvalue weighted by molar-refractivity contribution is -0.145. The molecule has 0 aliphatic carbocycles. The van der Waals surface area contributed by atoms with Crippen LogP contribution in [0.2, 0.25) is 0 Å². The quantitative estimate of drug-likeness (QED) is 0.0188. The second kappa shape index (κ2) is 50.9. The summed E-state index contributed by atoms with van der Waals surface area (Å²) in [6.07, 6.45) is 9.22. The number of hydrogen-bond acceptors (Lipinski definition) is 26. The van der Waals surface area contributed by atoms with Crippen LogP contribution in [0.4, 0.5) is 0 Å². The molecule has 5 rings (SSSR count). The van der Waals surface area contributed by atoms with Gasteiger partial charge in [0.05, 0.1) is 30.0 Å². The predicted octanol–water partition coefficient (Wildman–Crippen LogP) is -0.0765. The number of hydrogen-bond donors (Lipinski definition) is 14. The van der Waals surface area contributed by atoms with Crippen molar-refractivity contribution >= 4 is 65.2 Å². The van der Waals surface area contributed by atoms with Gasteiger partial charge in [0.15, 0.2) is 12.0 Å². The van der Waals surface area contributed by atoms with Crippen molar-refractivity contribution in [2.45, 2.75) is 75.7 Å². The van der Waals surface area contributed by atoms with E-state index in [-0.39, 0.29) is 23.3 Å². The molecule has 3 unspecified atom stereocenters. The topological polar surface area (TPSA) is 552 Å². The van der Waals surface area contributed by atoms with Gasteiger partial charge in [-0.15, -0.1) is 15.4 Å². The molecule has 37 nitrogen and oxygen atoms in total. The molecule has 0 radical (unpaired) electrons. The molecule has 3 atom stereocenters. The average molecular weight is 1230 g/mol. The lowest BCUT2D eigenvalue weighted by Gasteiger charge is -2.07. The molecule has 2 aliphatic rings.